The Hall–Kier alpha value is -8.29. The average molecular weight is 1320 g/mol. The Labute approximate surface area is 485 Å². The first-order valence-corrected chi connectivity index (χ1v) is 33.1. The zero-order valence-electron chi connectivity index (χ0n) is 42.9. The van der Waals surface area contributed by atoms with Gasteiger partial charge in [0.2, 0.25) is 0 Å². The van der Waals surface area contributed by atoms with Gasteiger partial charge >= 0.3 is 20.8 Å². The number of nitrogen functional groups attached to an aromatic ring is 6. The Morgan fingerprint density at radius 1 is 0.412 bits per heavy atom. The number of phenolic OH excluding ortho intramolecular Hbond substituents is 1. The standard InChI is InChI=1S/C30H26N8O7S2.C8H11NO9S3.C8H11NO6S2/c31-19-7-12-24(23(33)13-19)37-35-20-8-3-16(26(14-20)46(40,41)42)1-2-17-4-9-21(15-27(17)47(43,44)45)36-38-25-11-6-18-5-10-22(32)30(39)28(18)29(25)34;9-7-2-1-6(5-8(7)20(12,13)14)19(10,11)4-3-18-21(15,16)17;9-7-1-3-8(4-2-7)16(10,11)6-5-15-17(12,13)14/h1-15,39H,31-34H2,(H,40,41,42)(H,43,44,45);1-2,5H,3-4,9H2,(H,12,13,14)(H,15,16,17);1-4H,5-6,9H2,(H,12,13,14)/b2-1+,37-35?,38-36?;;. The number of anilines is 6. The number of aromatic hydroxyl groups is 1. The summed E-state index contributed by atoms with van der Waals surface area (Å²) in [5, 5.41) is 27.3. The first-order valence-electron chi connectivity index (χ1n) is 22.8. The molecule has 0 atom stereocenters. The van der Waals surface area contributed by atoms with Gasteiger partial charge in [-0.2, -0.15) is 52.3 Å². The van der Waals surface area contributed by atoms with Gasteiger partial charge in [0, 0.05) is 11.4 Å². The van der Waals surface area contributed by atoms with Gasteiger partial charge in [-0.1, -0.05) is 36.4 Å². The van der Waals surface area contributed by atoms with Crippen molar-refractivity contribution in [3.8, 4) is 5.75 Å². The summed E-state index contributed by atoms with van der Waals surface area (Å²) in [4.78, 5) is -2.41. The van der Waals surface area contributed by atoms with Crippen molar-refractivity contribution in [3.05, 3.63) is 132 Å². The number of fused-ring (bicyclic) bond motifs is 1. The van der Waals surface area contributed by atoms with Gasteiger partial charge in [-0.05, 0) is 114 Å². The van der Waals surface area contributed by atoms with E-state index in [-0.39, 0.29) is 72.7 Å². The predicted molar refractivity (Wildman–Crippen MR) is 310 cm³/mol. The predicted octanol–water partition coefficient (Wildman–Crippen LogP) is 5.34. The normalized spacial score (nSPS) is 12.7. The summed E-state index contributed by atoms with van der Waals surface area (Å²) in [6.07, 6.45) is 2.44. The van der Waals surface area contributed by atoms with Crippen LogP contribution >= 0.6 is 0 Å². The average Bonchev–Trinajstić information content (AvgIpc) is 2.66. The molecule has 0 fully saturated rings. The van der Waals surface area contributed by atoms with E-state index >= 15 is 0 Å². The fraction of sp³-hybridized carbons (Fsp3) is 0.0870. The minimum Gasteiger partial charge on any atom is -0.505 e. The lowest BCUT2D eigenvalue weighted by atomic mass is 10.1. The molecular weight excluding hydrogens is 1270 g/mol. The topological polar surface area (TPSA) is 584 Å². The van der Waals surface area contributed by atoms with Crippen LogP contribution in [-0.4, -0.2) is 112 Å². The fourth-order valence-electron chi connectivity index (χ4n) is 6.82. The minimum atomic E-state index is -4.81. The van der Waals surface area contributed by atoms with Crippen molar-refractivity contribution >= 4 is 151 Å². The van der Waals surface area contributed by atoms with Crippen LogP contribution in [0.5, 0.6) is 5.75 Å². The highest BCUT2D eigenvalue weighted by Crippen LogP contribution is 2.40. The summed E-state index contributed by atoms with van der Waals surface area (Å²) < 4.78 is 212. The number of hydrogen-bond donors (Lipinski definition) is 12. The Morgan fingerprint density at radius 3 is 1.31 bits per heavy atom. The van der Waals surface area contributed by atoms with Gasteiger partial charge in [0.15, 0.2) is 19.7 Å². The number of sulfone groups is 2. The van der Waals surface area contributed by atoms with Gasteiger partial charge in [0.25, 0.3) is 30.4 Å². The number of rotatable bonds is 19. The molecule has 0 aromatic heterocycles. The molecule has 0 aliphatic rings. The molecule has 0 heterocycles. The molecule has 0 bridgehead atoms. The zero-order chi connectivity index (χ0) is 63.7. The molecule has 7 aromatic carbocycles. The second-order valence-corrected chi connectivity index (χ2v) is 27.5. The minimum absolute atomic E-state index is 0.00522. The van der Waals surface area contributed by atoms with Crippen LogP contribution < -0.4 is 34.4 Å². The SMILES string of the molecule is Nc1ccc(N=Nc2ccc(/C=C/c3ccc(N=Nc4ccc5ccc(N)c(O)c5c4N)cc3S(=O)(=O)O)c(S(=O)(=O)O)c2)c(N)c1.Nc1ccc(S(=O)(=O)CCOS(=O)(=O)O)cc1.Nc1ccc(S(=O)(=O)CCOS(=O)(=O)O)cc1S(=O)(=O)O. The van der Waals surface area contributed by atoms with Crippen LogP contribution in [-0.2, 0) is 79.2 Å². The van der Waals surface area contributed by atoms with Crippen LogP contribution in [0.4, 0.5) is 56.9 Å². The maximum absolute atomic E-state index is 12.3. The summed E-state index contributed by atoms with van der Waals surface area (Å²) in [5.41, 5.74) is 35.6. The third kappa shape index (κ3) is 19.6. The molecule has 85 heavy (non-hydrogen) atoms. The highest BCUT2D eigenvalue weighted by Gasteiger charge is 2.23. The molecule has 0 unspecified atom stereocenters. The molecule has 456 valence electrons. The van der Waals surface area contributed by atoms with E-state index in [4.69, 9.17) is 48.1 Å². The third-order valence-corrected chi connectivity index (χ3v) is 17.9. The largest absolute Gasteiger partial charge is 0.505 e. The molecule has 0 aliphatic heterocycles. The fourth-order valence-corrected chi connectivity index (χ4v) is 11.9. The smallest absolute Gasteiger partial charge is 0.397 e. The van der Waals surface area contributed by atoms with E-state index in [0.29, 0.717) is 22.8 Å². The Kier molecular flexibility index (Phi) is 21.2. The molecule has 0 amide bonds. The maximum Gasteiger partial charge on any atom is 0.397 e. The summed E-state index contributed by atoms with van der Waals surface area (Å²) >= 11 is 0. The second-order valence-electron chi connectivity index (χ2n) is 16.9. The van der Waals surface area contributed by atoms with Crippen molar-refractivity contribution in [1.29, 1.82) is 0 Å². The van der Waals surface area contributed by atoms with Gasteiger partial charge in [-0.3, -0.25) is 22.8 Å². The van der Waals surface area contributed by atoms with Crippen molar-refractivity contribution in [3.63, 3.8) is 0 Å². The monoisotopic (exact) mass is 1320 g/mol. The highest BCUT2D eigenvalue weighted by molar-refractivity contribution is 7.92. The Morgan fingerprint density at radius 2 is 0.835 bits per heavy atom. The van der Waals surface area contributed by atoms with Gasteiger partial charge in [-0.15, -0.1) is 10.2 Å². The molecule has 7 aromatic rings. The van der Waals surface area contributed by atoms with Gasteiger partial charge in [0.05, 0.1) is 74.0 Å². The molecular formula is C46H48N10O22S7. The van der Waals surface area contributed by atoms with Crippen LogP contribution in [0.3, 0.4) is 0 Å². The van der Waals surface area contributed by atoms with Crippen LogP contribution in [0, 0.1) is 0 Å². The number of hydrogen-bond acceptors (Lipinski definition) is 27. The van der Waals surface area contributed by atoms with E-state index in [1.165, 1.54) is 78.9 Å². The molecule has 32 nitrogen and oxygen atoms in total. The highest BCUT2D eigenvalue weighted by atomic mass is 32.3. The lowest BCUT2D eigenvalue weighted by Gasteiger charge is -2.09. The molecule has 7 rings (SSSR count). The first-order chi connectivity index (χ1) is 39.1. The van der Waals surface area contributed by atoms with Crippen LogP contribution in [0.1, 0.15) is 11.1 Å². The van der Waals surface area contributed by atoms with Crippen LogP contribution in [0.15, 0.2) is 166 Å². The zero-order valence-corrected chi connectivity index (χ0v) is 48.6. The lowest BCUT2D eigenvalue weighted by molar-refractivity contribution is 0.282. The summed E-state index contributed by atoms with van der Waals surface area (Å²) in [6, 6.07) is 26.5. The second kappa shape index (κ2) is 26.7. The molecule has 0 radical (unpaired) electrons. The van der Waals surface area contributed by atoms with E-state index < -0.39 is 115 Å². The quantitative estimate of drug-likeness (QED) is 0.0160. The van der Waals surface area contributed by atoms with E-state index in [2.05, 4.69) is 28.8 Å². The molecule has 39 heteroatoms. The van der Waals surface area contributed by atoms with Gasteiger partial charge in [-0.25, -0.2) is 25.2 Å². The number of nitrogens with two attached hydrogens (primary N) is 6. The number of phenols is 1. The molecule has 18 N–H and O–H groups in total. The molecule has 0 spiro atoms. The number of benzene rings is 7. The van der Waals surface area contributed by atoms with Crippen molar-refractivity contribution in [2.75, 3.05) is 59.1 Å². The van der Waals surface area contributed by atoms with Gasteiger partial charge < -0.3 is 39.5 Å². The molecule has 0 saturated carbocycles. The van der Waals surface area contributed by atoms with E-state index in [1.807, 2.05) is 0 Å². The Balaban J connectivity index is 0.000000285. The van der Waals surface area contributed by atoms with Crippen molar-refractivity contribution in [2.24, 2.45) is 20.5 Å². The third-order valence-electron chi connectivity index (χ3n) is 10.8. The molecule has 0 aliphatic carbocycles. The Bertz CT molecular complexity index is 4630. The van der Waals surface area contributed by atoms with Gasteiger partial charge in [0.1, 0.15) is 31.8 Å². The lowest BCUT2D eigenvalue weighted by Crippen LogP contribution is -2.16. The number of azo groups is 2. The van der Waals surface area contributed by atoms with E-state index in [9.17, 15) is 73.1 Å². The first kappa shape index (κ1) is 67.5. The molecule has 0 saturated heterocycles. The van der Waals surface area contributed by atoms with E-state index in [1.54, 1.807) is 24.3 Å². The summed E-state index contributed by atoms with van der Waals surface area (Å²) in [7, 11) is -31.5. The van der Waals surface area contributed by atoms with Crippen LogP contribution in [0.25, 0.3) is 22.9 Å². The summed E-state index contributed by atoms with van der Waals surface area (Å²) in [5.74, 6) is -1.63. The van der Waals surface area contributed by atoms with Crippen molar-refractivity contribution < 1.29 is 95.2 Å². The summed E-state index contributed by atoms with van der Waals surface area (Å²) in [6.45, 7) is -1.52. The van der Waals surface area contributed by atoms with Crippen LogP contribution in [0.2, 0.25) is 0 Å². The maximum atomic E-state index is 12.3. The number of nitrogens with zero attached hydrogens (tertiary/aromatic N) is 4. The van der Waals surface area contributed by atoms with Crippen molar-refractivity contribution in [2.45, 2.75) is 24.5 Å². The van der Waals surface area contributed by atoms with Crippen molar-refractivity contribution in [1.82, 2.24) is 0 Å². The van der Waals surface area contributed by atoms with E-state index in [0.717, 1.165) is 24.3 Å².